The molecule has 1 fully saturated rings. The number of halogens is 1. The van der Waals surface area contributed by atoms with Gasteiger partial charge in [0.15, 0.2) is 6.61 Å². The summed E-state index contributed by atoms with van der Waals surface area (Å²) in [4.78, 5) is 24.8. The highest BCUT2D eigenvalue weighted by Gasteiger charge is 2.31. The molecule has 1 heterocycles. The van der Waals surface area contributed by atoms with E-state index < -0.39 is 5.82 Å². The van der Waals surface area contributed by atoms with E-state index in [9.17, 15) is 14.0 Å². The second kappa shape index (κ2) is 6.36. The van der Waals surface area contributed by atoms with Crippen LogP contribution in [0.3, 0.4) is 0 Å². The second-order valence-corrected chi connectivity index (χ2v) is 4.59. The van der Waals surface area contributed by atoms with Gasteiger partial charge in [-0.25, -0.2) is 4.39 Å². The van der Waals surface area contributed by atoms with Crippen molar-refractivity contribution in [3.05, 3.63) is 30.1 Å². The highest BCUT2D eigenvalue weighted by molar-refractivity contribution is 5.80. The average molecular weight is 281 g/mol. The summed E-state index contributed by atoms with van der Waals surface area (Å²) in [5, 5.41) is 0. The van der Waals surface area contributed by atoms with Crippen LogP contribution < -0.4 is 4.74 Å². The van der Waals surface area contributed by atoms with Crippen molar-refractivity contribution in [3.63, 3.8) is 0 Å². The van der Waals surface area contributed by atoms with Crippen molar-refractivity contribution in [1.29, 1.82) is 0 Å². The van der Waals surface area contributed by atoms with E-state index in [4.69, 9.17) is 4.74 Å². The van der Waals surface area contributed by atoms with Gasteiger partial charge in [0.05, 0.1) is 13.0 Å². The molecule has 0 saturated carbocycles. The molecule has 1 aromatic carbocycles. The number of rotatable bonds is 4. The van der Waals surface area contributed by atoms with Gasteiger partial charge in [0.25, 0.3) is 5.91 Å². The maximum Gasteiger partial charge on any atom is 0.310 e. The SMILES string of the molecule is COC(=O)C1CCN(C(=O)COc2cccc(F)c2)C1. The lowest BCUT2D eigenvalue weighted by Gasteiger charge is -2.16. The molecule has 1 aliphatic heterocycles. The molecule has 1 aromatic rings. The Bertz CT molecular complexity index is 506. The van der Waals surface area contributed by atoms with Crippen LogP contribution in [-0.2, 0) is 14.3 Å². The minimum Gasteiger partial charge on any atom is -0.484 e. The molecule has 1 unspecified atom stereocenters. The minimum absolute atomic E-state index is 0.169. The number of nitrogens with zero attached hydrogens (tertiary/aromatic N) is 1. The van der Waals surface area contributed by atoms with Crippen molar-refractivity contribution in [3.8, 4) is 5.75 Å². The maximum atomic E-state index is 12.9. The number of carbonyl (C=O) groups is 2. The smallest absolute Gasteiger partial charge is 0.310 e. The zero-order valence-corrected chi connectivity index (χ0v) is 11.2. The van der Waals surface area contributed by atoms with Gasteiger partial charge in [0.1, 0.15) is 11.6 Å². The van der Waals surface area contributed by atoms with E-state index in [0.717, 1.165) is 0 Å². The monoisotopic (exact) mass is 281 g/mol. The molecule has 0 aliphatic carbocycles. The Morgan fingerprint density at radius 3 is 2.95 bits per heavy atom. The summed E-state index contributed by atoms with van der Waals surface area (Å²) < 4.78 is 22.8. The highest BCUT2D eigenvalue weighted by atomic mass is 19.1. The molecule has 1 amide bonds. The number of amides is 1. The molecular formula is C14H16FNO4. The van der Waals surface area contributed by atoms with E-state index >= 15 is 0 Å². The van der Waals surface area contributed by atoms with Crippen LogP contribution in [0.4, 0.5) is 4.39 Å². The van der Waals surface area contributed by atoms with Crippen LogP contribution in [0.1, 0.15) is 6.42 Å². The summed E-state index contributed by atoms with van der Waals surface area (Å²) in [6.07, 6.45) is 0.596. The Hall–Kier alpha value is -2.11. The third-order valence-corrected chi connectivity index (χ3v) is 3.23. The highest BCUT2D eigenvalue weighted by Crippen LogP contribution is 2.18. The normalized spacial score (nSPS) is 17.9. The second-order valence-electron chi connectivity index (χ2n) is 4.59. The lowest BCUT2D eigenvalue weighted by atomic mass is 10.1. The van der Waals surface area contributed by atoms with E-state index in [2.05, 4.69) is 4.74 Å². The van der Waals surface area contributed by atoms with Crippen molar-refractivity contribution >= 4 is 11.9 Å². The van der Waals surface area contributed by atoms with Gasteiger partial charge in [-0.1, -0.05) is 6.07 Å². The third kappa shape index (κ3) is 3.46. The quantitative estimate of drug-likeness (QED) is 0.779. The number of hydrogen-bond acceptors (Lipinski definition) is 4. The molecule has 0 N–H and O–H groups in total. The molecule has 0 bridgehead atoms. The van der Waals surface area contributed by atoms with Gasteiger partial charge in [-0.05, 0) is 18.6 Å². The molecule has 0 aromatic heterocycles. The first-order valence-electron chi connectivity index (χ1n) is 6.34. The molecule has 1 aliphatic rings. The Kier molecular flexibility index (Phi) is 4.55. The first kappa shape index (κ1) is 14.3. The fraction of sp³-hybridized carbons (Fsp3) is 0.429. The van der Waals surface area contributed by atoms with Gasteiger partial charge in [-0.2, -0.15) is 0 Å². The molecule has 0 spiro atoms. The van der Waals surface area contributed by atoms with Crippen molar-refractivity contribution in [2.75, 3.05) is 26.8 Å². The fourth-order valence-electron chi connectivity index (χ4n) is 2.14. The summed E-state index contributed by atoms with van der Waals surface area (Å²) in [7, 11) is 1.33. The predicted octanol–water partition coefficient (Wildman–Crippen LogP) is 1.23. The predicted molar refractivity (Wildman–Crippen MR) is 68.6 cm³/mol. The maximum absolute atomic E-state index is 12.9. The Balaban J connectivity index is 1.83. The molecule has 2 rings (SSSR count). The van der Waals surface area contributed by atoms with E-state index in [-0.39, 0.29) is 24.4 Å². The number of likely N-dealkylation sites (tertiary alicyclic amines) is 1. The zero-order valence-electron chi connectivity index (χ0n) is 11.2. The van der Waals surface area contributed by atoms with Gasteiger partial charge < -0.3 is 14.4 Å². The number of hydrogen-bond donors (Lipinski definition) is 0. The first-order chi connectivity index (χ1) is 9.60. The van der Waals surface area contributed by atoms with Gasteiger partial charge >= 0.3 is 5.97 Å². The lowest BCUT2D eigenvalue weighted by molar-refractivity contribution is -0.145. The Labute approximate surface area is 116 Å². The van der Waals surface area contributed by atoms with Crippen LogP contribution in [0, 0.1) is 11.7 Å². The summed E-state index contributed by atoms with van der Waals surface area (Å²) in [5.74, 6) is -0.894. The Morgan fingerprint density at radius 2 is 2.25 bits per heavy atom. The number of esters is 1. The van der Waals surface area contributed by atoms with Crippen LogP contribution >= 0.6 is 0 Å². The van der Waals surface area contributed by atoms with Gasteiger partial charge in [-0.3, -0.25) is 9.59 Å². The molecule has 6 heteroatoms. The average Bonchev–Trinajstić information content (AvgIpc) is 2.94. The Morgan fingerprint density at radius 1 is 1.45 bits per heavy atom. The molecule has 1 atom stereocenters. The van der Waals surface area contributed by atoms with Crippen LogP contribution in [-0.4, -0.2) is 43.6 Å². The number of carbonyl (C=O) groups excluding carboxylic acids is 2. The summed E-state index contributed by atoms with van der Waals surface area (Å²) in [6.45, 7) is 0.681. The van der Waals surface area contributed by atoms with E-state index in [1.54, 1.807) is 11.0 Å². The van der Waals surface area contributed by atoms with E-state index in [0.29, 0.717) is 25.3 Å². The lowest BCUT2D eigenvalue weighted by Crippen LogP contribution is -2.34. The number of ether oxygens (including phenoxy) is 2. The third-order valence-electron chi connectivity index (χ3n) is 3.23. The largest absolute Gasteiger partial charge is 0.484 e. The molecule has 0 radical (unpaired) electrons. The van der Waals surface area contributed by atoms with Crippen molar-refractivity contribution in [1.82, 2.24) is 4.90 Å². The van der Waals surface area contributed by atoms with E-state index in [1.165, 1.54) is 25.3 Å². The standard InChI is InChI=1S/C14H16FNO4/c1-19-14(18)10-5-6-16(8-10)13(17)9-20-12-4-2-3-11(15)7-12/h2-4,7,10H,5-6,8-9H2,1H3. The van der Waals surface area contributed by atoms with Gasteiger partial charge in [0, 0.05) is 19.2 Å². The first-order valence-corrected chi connectivity index (χ1v) is 6.34. The van der Waals surface area contributed by atoms with Crippen molar-refractivity contribution in [2.45, 2.75) is 6.42 Å². The zero-order chi connectivity index (χ0) is 14.5. The summed E-state index contributed by atoms with van der Waals surface area (Å²) in [6, 6.07) is 5.61. The molecule has 1 saturated heterocycles. The topological polar surface area (TPSA) is 55.8 Å². The van der Waals surface area contributed by atoms with E-state index in [1.807, 2.05) is 0 Å². The molecule has 108 valence electrons. The van der Waals surface area contributed by atoms with Crippen molar-refractivity contribution < 1.29 is 23.5 Å². The van der Waals surface area contributed by atoms with Crippen LogP contribution in [0.15, 0.2) is 24.3 Å². The number of benzene rings is 1. The molecule has 20 heavy (non-hydrogen) atoms. The van der Waals surface area contributed by atoms with Gasteiger partial charge in [0.2, 0.25) is 0 Å². The molecular weight excluding hydrogens is 265 g/mol. The summed E-state index contributed by atoms with van der Waals surface area (Å²) in [5.41, 5.74) is 0. The van der Waals surface area contributed by atoms with Crippen LogP contribution in [0.25, 0.3) is 0 Å². The molecule has 5 nitrogen and oxygen atoms in total. The minimum atomic E-state index is -0.415. The van der Waals surface area contributed by atoms with Crippen LogP contribution in [0.2, 0.25) is 0 Å². The van der Waals surface area contributed by atoms with Crippen LogP contribution in [0.5, 0.6) is 5.75 Å². The fourth-order valence-corrected chi connectivity index (χ4v) is 2.14. The van der Waals surface area contributed by atoms with Crippen molar-refractivity contribution in [2.24, 2.45) is 5.92 Å². The summed E-state index contributed by atoms with van der Waals surface area (Å²) >= 11 is 0. The van der Waals surface area contributed by atoms with Gasteiger partial charge in [-0.15, -0.1) is 0 Å². The number of methoxy groups -OCH3 is 1.